The van der Waals surface area contributed by atoms with Crippen molar-refractivity contribution < 1.29 is 0 Å². The molecule has 2 heterocycles. The lowest BCUT2D eigenvalue weighted by atomic mass is 10.4. The van der Waals surface area contributed by atoms with E-state index in [4.69, 9.17) is 16.9 Å². The van der Waals surface area contributed by atoms with Gasteiger partial charge in [0, 0.05) is 14.1 Å². The Morgan fingerprint density at radius 1 is 1.24 bits per heavy atom. The van der Waals surface area contributed by atoms with E-state index in [0.717, 1.165) is 9.13 Å². The maximum Gasteiger partial charge on any atom is 0.332 e. The molecule has 17 heavy (non-hydrogen) atoms. The first-order valence-electron chi connectivity index (χ1n) is 4.50. The van der Waals surface area contributed by atoms with Gasteiger partial charge in [-0.1, -0.05) is 11.6 Å². The van der Waals surface area contributed by atoms with Crippen LogP contribution in [0.3, 0.4) is 0 Å². The molecule has 0 spiro atoms. The molecule has 0 radical (unpaired) electrons. The Morgan fingerprint density at radius 2 is 1.88 bits per heavy atom. The van der Waals surface area contributed by atoms with Crippen LogP contribution in [0.25, 0.3) is 11.2 Å². The Balaban J connectivity index is 3.14. The van der Waals surface area contributed by atoms with Gasteiger partial charge in [-0.3, -0.25) is 13.9 Å². The third kappa shape index (κ3) is 1.50. The summed E-state index contributed by atoms with van der Waals surface area (Å²) in [7, 11) is 2.77. The van der Waals surface area contributed by atoms with Crippen molar-refractivity contribution in [3.8, 4) is 6.07 Å². The minimum absolute atomic E-state index is 0.0408. The SMILES string of the molecule is Cn1c(=O)c2nc(Cl)c(C#N)nc2n(C)c1=O. The first kappa shape index (κ1) is 11.3. The molecule has 2 rings (SSSR count). The summed E-state index contributed by atoms with van der Waals surface area (Å²) in [5.41, 5.74) is -1.26. The Hall–Kier alpha value is -2.20. The standard InChI is InChI=1S/C9H6ClN5O2/c1-14-7-5(8(16)15(2)9(14)17)13-6(10)4(3-11)12-7/h1-2H3. The zero-order valence-corrected chi connectivity index (χ0v) is 9.69. The third-order valence-corrected chi connectivity index (χ3v) is 2.60. The highest BCUT2D eigenvalue weighted by Gasteiger charge is 2.14. The molecule has 0 fully saturated rings. The van der Waals surface area contributed by atoms with E-state index in [-0.39, 0.29) is 22.0 Å². The molecule has 0 aliphatic heterocycles. The molecule has 86 valence electrons. The highest BCUT2D eigenvalue weighted by Crippen LogP contribution is 2.12. The molecule has 0 N–H and O–H groups in total. The minimum atomic E-state index is -0.595. The molecule has 0 saturated heterocycles. The molecule has 8 heteroatoms. The number of aryl methyl sites for hydroxylation is 1. The Morgan fingerprint density at radius 3 is 2.47 bits per heavy atom. The lowest BCUT2D eigenvalue weighted by molar-refractivity contribution is 0.704. The first-order valence-corrected chi connectivity index (χ1v) is 4.88. The second kappa shape index (κ2) is 3.68. The molecule has 2 aromatic heterocycles. The first-order chi connectivity index (χ1) is 7.97. The van der Waals surface area contributed by atoms with Crippen molar-refractivity contribution in [3.63, 3.8) is 0 Å². The monoisotopic (exact) mass is 251 g/mol. The molecule has 0 amide bonds. The summed E-state index contributed by atoms with van der Waals surface area (Å²) < 4.78 is 2.04. The third-order valence-electron chi connectivity index (χ3n) is 2.34. The average Bonchev–Trinajstić information content (AvgIpc) is 2.33. The number of halogens is 1. The fourth-order valence-corrected chi connectivity index (χ4v) is 1.58. The van der Waals surface area contributed by atoms with Gasteiger partial charge in [-0.25, -0.2) is 14.8 Å². The van der Waals surface area contributed by atoms with Gasteiger partial charge in [0.15, 0.2) is 22.0 Å². The Kier molecular flexibility index (Phi) is 2.44. The number of aromatic nitrogens is 4. The van der Waals surface area contributed by atoms with E-state index in [2.05, 4.69) is 9.97 Å². The van der Waals surface area contributed by atoms with Crippen LogP contribution >= 0.6 is 11.6 Å². The second-order valence-corrected chi connectivity index (χ2v) is 3.71. The van der Waals surface area contributed by atoms with Crippen LogP contribution in [0.1, 0.15) is 5.69 Å². The molecule has 0 saturated carbocycles. The van der Waals surface area contributed by atoms with Crippen LogP contribution in [-0.4, -0.2) is 19.1 Å². The van der Waals surface area contributed by atoms with Crippen molar-refractivity contribution in [1.82, 2.24) is 19.1 Å². The molecule has 0 aromatic carbocycles. The second-order valence-electron chi connectivity index (χ2n) is 3.35. The van der Waals surface area contributed by atoms with Crippen molar-refractivity contribution in [1.29, 1.82) is 5.26 Å². The summed E-state index contributed by atoms with van der Waals surface area (Å²) in [6.07, 6.45) is 0. The van der Waals surface area contributed by atoms with E-state index >= 15 is 0 Å². The van der Waals surface area contributed by atoms with Crippen LogP contribution < -0.4 is 11.2 Å². The predicted molar refractivity (Wildman–Crippen MR) is 59.7 cm³/mol. The van der Waals surface area contributed by atoms with Crippen molar-refractivity contribution in [2.45, 2.75) is 0 Å². The smallest absolute Gasteiger partial charge is 0.279 e. The summed E-state index contributed by atoms with van der Waals surface area (Å²) in [4.78, 5) is 31.0. The normalized spacial score (nSPS) is 10.5. The molecule has 0 bridgehead atoms. The van der Waals surface area contributed by atoms with Crippen LogP contribution in [0.5, 0.6) is 0 Å². The minimum Gasteiger partial charge on any atom is -0.279 e. The van der Waals surface area contributed by atoms with Crippen molar-refractivity contribution in [3.05, 3.63) is 31.7 Å². The molecule has 2 aromatic rings. The summed E-state index contributed by atoms with van der Waals surface area (Å²) in [5.74, 6) is 0. The summed E-state index contributed by atoms with van der Waals surface area (Å²) in [6, 6.07) is 1.74. The highest BCUT2D eigenvalue weighted by atomic mass is 35.5. The number of rotatable bonds is 0. The fraction of sp³-hybridized carbons (Fsp3) is 0.222. The zero-order chi connectivity index (χ0) is 12.7. The van der Waals surface area contributed by atoms with Gasteiger partial charge in [0.1, 0.15) is 6.07 Å². The van der Waals surface area contributed by atoms with Crippen molar-refractivity contribution >= 4 is 22.8 Å². The van der Waals surface area contributed by atoms with Crippen LogP contribution in [0.2, 0.25) is 5.15 Å². The van der Waals surface area contributed by atoms with Gasteiger partial charge < -0.3 is 0 Å². The van der Waals surface area contributed by atoms with Gasteiger partial charge in [-0.05, 0) is 0 Å². The number of nitriles is 1. The van der Waals surface area contributed by atoms with Gasteiger partial charge in [-0.15, -0.1) is 0 Å². The molecule has 7 nitrogen and oxygen atoms in total. The summed E-state index contributed by atoms with van der Waals surface area (Å²) in [5, 5.41) is 8.60. The molecular weight excluding hydrogens is 246 g/mol. The van der Waals surface area contributed by atoms with Gasteiger partial charge in [0.25, 0.3) is 5.56 Å². The van der Waals surface area contributed by atoms with Crippen LogP contribution in [-0.2, 0) is 14.1 Å². The molecule has 0 aliphatic carbocycles. The van der Waals surface area contributed by atoms with Gasteiger partial charge >= 0.3 is 5.69 Å². The van der Waals surface area contributed by atoms with E-state index < -0.39 is 11.2 Å². The quantitative estimate of drug-likeness (QED) is 0.632. The largest absolute Gasteiger partial charge is 0.332 e. The Bertz CT molecular complexity index is 783. The Labute approximate surface area is 99.5 Å². The number of fused-ring (bicyclic) bond motifs is 1. The van der Waals surface area contributed by atoms with Gasteiger partial charge in [0.2, 0.25) is 0 Å². The fourth-order valence-electron chi connectivity index (χ4n) is 1.42. The van der Waals surface area contributed by atoms with E-state index in [1.54, 1.807) is 6.07 Å². The van der Waals surface area contributed by atoms with Crippen LogP contribution in [0, 0.1) is 11.3 Å². The van der Waals surface area contributed by atoms with E-state index in [1.165, 1.54) is 14.1 Å². The summed E-state index contributed by atoms with van der Waals surface area (Å²) in [6.45, 7) is 0. The molecule has 0 atom stereocenters. The lowest BCUT2D eigenvalue weighted by Crippen LogP contribution is -2.37. The van der Waals surface area contributed by atoms with Crippen molar-refractivity contribution in [2.24, 2.45) is 14.1 Å². The number of nitrogens with zero attached hydrogens (tertiary/aromatic N) is 5. The number of hydrogen-bond acceptors (Lipinski definition) is 5. The van der Waals surface area contributed by atoms with Crippen LogP contribution in [0.4, 0.5) is 0 Å². The molecule has 0 aliphatic rings. The topological polar surface area (TPSA) is 93.6 Å². The van der Waals surface area contributed by atoms with Gasteiger partial charge in [-0.2, -0.15) is 5.26 Å². The zero-order valence-electron chi connectivity index (χ0n) is 8.93. The average molecular weight is 252 g/mol. The predicted octanol–water partition coefficient (Wildman–Crippen LogP) is -0.448. The summed E-state index contributed by atoms with van der Waals surface area (Å²) >= 11 is 5.69. The van der Waals surface area contributed by atoms with Crippen molar-refractivity contribution in [2.75, 3.05) is 0 Å². The highest BCUT2D eigenvalue weighted by molar-refractivity contribution is 6.30. The van der Waals surface area contributed by atoms with E-state index in [1.807, 2.05) is 0 Å². The van der Waals surface area contributed by atoms with E-state index in [0.29, 0.717) is 0 Å². The van der Waals surface area contributed by atoms with Gasteiger partial charge in [0.05, 0.1) is 0 Å². The molecule has 0 unspecified atom stereocenters. The lowest BCUT2D eigenvalue weighted by Gasteiger charge is -2.06. The molecular formula is C9H6ClN5O2. The van der Waals surface area contributed by atoms with Crippen LogP contribution in [0.15, 0.2) is 9.59 Å². The maximum absolute atomic E-state index is 11.8. The number of hydrogen-bond donors (Lipinski definition) is 0. The van der Waals surface area contributed by atoms with E-state index in [9.17, 15) is 9.59 Å². The maximum atomic E-state index is 11.8.